The highest BCUT2D eigenvalue weighted by Gasteiger charge is 2.23. The molecule has 0 saturated heterocycles. The highest BCUT2D eigenvalue weighted by atomic mass is 32.2. The van der Waals surface area contributed by atoms with Gasteiger partial charge < -0.3 is 4.74 Å². The van der Waals surface area contributed by atoms with Crippen LogP contribution in [-0.4, -0.2) is 34.3 Å². The third kappa shape index (κ3) is 4.16. The number of ether oxygens (including phenoxy) is 1. The lowest BCUT2D eigenvalue weighted by Crippen LogP contribution is -2.27. The van der Waals surface area contributed by atoms with Crippen LogP contribution >= 0.6 is 11.8 Å². The topological polar surface area (TPSA) is 63.7 Å². The molecule has 0 amide bonds. The fraction of sp³-hybridized carbons (Fsp3) is 0.278. The van der Waals surface area contributed by atoms with Crippen molar-refractivity contribution in [2.75, 3.05) is 24.2 Å². The molecule has 0 spiro atoms. The summed E-state index contributed by atoms with van der Waals surface area (Å²) >= 11 is 1.55. The Morgan fingerprint density at radius 3 is 2.36 bits per heavy atom. The quantitative estimate of drug-likeness (QED) is 0.565. The van der Waals surface area contributed by atoms with Crippen molar-refractivity contribution >= 4 is 33.4 Å². The van der Waals surface area contributed by atoms with Crippen LogP contribution in [0.2, 0.25) is 0 Å². The Bertz CT molecular complexity index is 861. The van der Waals surface area contributed by atoms with Gasteiger partial charge in [-0.2, -0.15) is 0 Å². The first-order chi connectivity index (χ1) is 11.8. The van der Waals surface area contributed by atoms with Crippen LogP contribution in [0.3, 0.4) is 0 Å². The molecule has 0 aliphatic heterocycles. The van der Waals surface area contributed by atoms with E-state index in [4.69, 9.17) is 4.74 Å². The maximum atomic E-state index is 12.9. The molecule has 2 rings (SSSR count). The van der Waals surface area contributed by atoms with Gasteiger partial charge in [-0.3, -0.25) is 4.31 Å². The molecule has 0 fully saturated rings. The standard InChI is InChI=1S/C18H21NO4S2/c1-5-23-18(20)14-7-6-13(2)17(12-14)19(3)25(21,22)16-10-8-15(24-4)9-11-16/h6-12H,5H2,1-4H3. The monoisotopic (exact) mass is 379 g/mol. The second kappa shape index (κ2) is 7.93. The van der Waals surface area contributed by atoms with E-state index < -0.39 is 16.0 Å². The zero-order valence-corrected chi connectivity index (χ0v) is 16.3. The first-order valence-corrected chi connectivity index (χ1v) is 10.4. The Labute approximate surface area is 153 Å². The van der Waals surface area contributed by atoms with E-state index >= 15 is 0 Å². The molecule has 0 heterocycles. The smallest absolute Gasteiger partial charge is 0.338 e. The van der Waals surface area contributed by atoms with Crippen LogP contribution in [0.1, 0.15) is 22.8 Å². The number of benzene rings is 2. The van der Waals surface area contributed by atoms with Crippen molar-refractivity contribution in [1.29, 1.82) is 0 Å². The SMILES string of the molecule is CCOC(=O)c1ccc(C)c(N(C)S(=O)(=O)c2ccc(SC)cc2)c1. The minimum atomic E-state index is -3.72. The zero-order valence-electron chi connectivity index (χ0n) is 14.6. The molecule has 0 bridgehead atoms. The number of nitrogens with zero attached hydrogens (tertiary/aromatic N) is 1. The molecule has 0 aliphatic carbocycles. The zero-order chi connectivity index (χ0) is 18.6. The fourth-order valence-electron chi connectivity index (χ4n) is 2.33. The van der Waals surface area contributed by atoms with Gasteiger partial charge in [0.2, 0.25) is 0 Å². The second-order valence-electron chi connectivity index (χ2n) is 5.37. The van der Waals surface area contributed by atoms with E-state index in [0.29, 0.717) is 11.3 Å². The van der Waals surface area contributed by atoms with Gasteiger partial charge in [0.25, 0.3) is 10.0 Å². The second-order valence-corrected chi connectivity index (χ2v) is 8.22. The van der Waals surface area contributed by atoms with Crippen molar-refractivity contribution < 1.29 is 17.9 Å². The van der Waals surface area contributed by atoms with E-state index in [1.807, 2.05) is 6.26 Å². The molecular formula is C18H21NO4S2. The molecule has 0 saturated carbocycles. The lowest BCUT2D eigenvalue weighted by molar-refractivity contribution is 0.0526. The summed E-state index contributed by atoms with van der Waals surface area (Å²) in [6, 6.07) is 11.6. The minimum absolute atomic E-state index is 0.203. The summed E-state index contributed by atoms with van der Waals surface area (Å²) < 4.78 is 32.0. The van der Waals surface area contributed by atoms with E-state index in [9.17, 15) is 13.2 Å². The van der Waals surface area contributed by atoms with Crippen molar-refractivity contribution in [3.8, 4) is 0 Å². The molecule has 2 aromatic rings. The normalized spacial score (nSPS) is 11.2. The average molecular weight is 380 g/mol. The van der Waals surface area contributed by atoms with E-state index in [-0.39, 0.29) is 11.5 Å². The number of anilines is 1. The lowest BCUT2D eigenvalue weighted by atomic mass is 10.1. The molecule has 0 atom stereocenters. The Balaban J connectivity index is 2.42. The van der Waals surface area contributed by atoms with Gasteiger partial charge in [-0.1, -0.05) is 6.07 Å². The highest BCUT2D eigenvalue weighted by molar-refractivity contribution is 7.98. The molecule has 0 radical (unpaired) electrons. The molecule has 134 valence electrons. The number of rotatable bonds is 6. The number of sulfonamides is 1. The Morgan fingerprint density at radius 2 is 1.80 bits per heavy atom. The van der Waals surface area contributed by atoms with Gasteiger partial charge >= 0.3 is 5.97 Å². The molecule has 25 heavy (non-hydrogen) atoms. The summed E-state index contributed by atoms with van der Waals surface area (Å²) in [5, 5.41) is 0. The molecule has 5 nitrogen and oxygen atoms in total. The Hall–Kier alpha value is -1.99. The molecule has 0 N–H and O–H groups in total. The number of aryl methyl sites for hydroxylation is 1. The first-order valence-electron chi connectivity index (χ1n) is 7.72. The number of carbonyl (C=O) groups is 1. The van der Waals surface area contributed by atoms with Crippen molar-refractivity contribution in [2.45, 2.75) is 23.6 Å². The predicted octanol–water partition coefficient (Wildman–Crippen LogP) is 3.72. The summed E-state index contributed by atoms with van der Waals surface area (Å²) in [6.07, 6.45) is 1.93. The largest absolute Gasteiger partial charge is 0.462 e. The Kier molecular flexibility index (Phi) is 6.13. The molecule has 0 aromatic heterocycles. The average Bonchev–Trinajstić information content (AvgIpc) is 2.61. The fourth-order valence-corrected chi connectivity index (χ4v) is 3.99. The van der Waals surface area contributed by atoms with Gasteiger partial charge in [0.05, 0.1) is 22.8 Å². The number of hydrogen-bond acceptors (Lipinski definition) is 5. The van der Waals surface area contributed by atoms with Crippen LogP contribution in [0.4, 0.5) is 5.69 Å². The van der Waals surface area contributed by atoms with Crippen molar-refractivity contribution in [3.63, 3.8) is 0 Å². The molecule has 2 aromatic carbocycles. The Morgan fingerprint density at radius 1 is 1.16 bits per heavy atom. The minimum Gasteiger partial charge on any atom is -0.462 e. The number of carbonyl (C=O) groups excluding carboxylic acids is 1. The molecule has 0 aliphatic rings. The van der Waals surface area contributed by atoms with Gasteiger partial charge in [0, 0.05) is 11.9 Å². The highest BCUT2D eigenvalue weighted by Crippen LogP contribution is 2.27. The first kappa shape index (κ1) is 19.3. The summed E-state index contributed by atoms with van der Waals surface area (Å²) in [6.45, 7) is 3.78. The van der Waals surface area contributed by atoms with Crippen LogP contribution in [0.5, 0.6) is 0 Å². The maximum Gasteiger partial charge on any atom is 0.338 e. The summed E-state index contributed by atoms with van der Waals surface area (Å²) in [5.74, 6) is -0.473. The number of thioether (sulfide) groups is 1. The van der Waals surface area contributed by atoms with Crippen molar-refractivity contribution in [1.82, 2.24) is 0 Å². The summed E-state index contributed by atoms with van der Waals surface area (Å²) in [4.78, 5) is 13.1. The van der Waals surface area contributed by atoms with Gasteiger partial charge in [-0.25, -0.2) is 13.2 Å². The summed E-state index contributed by atoms with van der Waals surface area (Å²) in [5.41, 5.74) is 1.52. The molecular weight excluding hydrogens is 358 g/mol. The lowest BCUT2D eigenvalue weighted by Gasteiger charge is -2.22. The van der Waals surface area contributed by atoms with Crippen LogP contribution < -0.4 is 4.31 Å². The van der Waals surface area contributed by atoms with Gasteiger partial charge in [0.15, 0.2) is 0 Å². The number of hydrogen-bond donors (Lipinski definition) is 0. The summed E-state index contributed by atoms with van der Waals surface area (Å²) in [7, 11) is -2.24. The van der Waals surface area contributed by atoms with E-state index in [1.54, 1.807) is 68.1 Å². The van der Waals surface area contributed by atoms with Crippen molar-refractivity contribution in [2.24, 2.45) is 0 Å². The van der Waals surface area contributed by atoms with Gasteiger partial charge in [0.1, 0.15) is 0 Å². The number of esters is 1. The van der Waals surface area contributed by atoms with Crippen LogP contribution in [0, 0.1) is 6.92 Å². The van der Waals surface area contributed by atoms with Crippen LogP contribution in [-0.2, 0) is 14.8 Å². The molecule has 0 unspecified atom stereocenters. The van der Waals surface area contributed by atoms with Gasteiger partial charge in [-0.15, -0.1) is 11.8 Å². The van der Waals surface area contributed by atoms with Crippen LogP contribution in [0.15, 0.2) is 52.3 Å². The predicted molar refractivity (Wildman–Crippen MR) is 101 cm³/mol. The van der Waals surface area contributed by atoms with E-state index in [0.717, 1.165) is 10.5 Å². The van der Waals surface area contributed by atoms with Gasteiger partial charge in [-0.05, 0) is 62.1 Å². The maximum absolute atomic E-state index is 12.9. The third-order valence-corrected chi connectivity index (χ3v) is 6.31. The van der Waals surface area contributed by atoms with E-state index in [1.165, 1.54) is 11.4 Å². The third-order valence-electron chi connectivity index (χ3n) is 3.78. The van der Waals surface area contributed by atoms with E-state index in [2.05, 4.69) is 0 Å². The molecule has 7 heteroatoms. The van der Waals surface area contributed by atoms with Crippen LogP contribution in [0.25, 0.3) is 0 Å². The van der Waals surface area contributed by atoms with Crippen molar-refractivity contribution in [3.05, 3.63) is 53.6 Å².